The number of carbonyl (C=O) groups excluding carboxylic acids is 3. The molecule has 0 saturated heterocycles. The standard InChI is InChI=1S/C25H25FN2O4/c1-16(29)27-22(14-17-7-5-11-20(26)13-17)24(30)28-23(25(31)32-2)15-19-10-6-9-18-8-3-4-12-21(18)19/h3-13,22-23H,14-15H2,1-2H3,(H,27,29)(H,28,30)/t22-,23-/m1/s1. The molecule has 0 spiro atoms. The van der Waals surface area contributed by atoms with E-state index in [2.05, 4.69) is 10.6 Å². The molecule has 2 atom stereocenters. The Bertz CT molecular complexity index is 1130. The van der Waals surface area contributed by atoms with Gasteiger partial charge in [-0.2, -0.15) is 0 Å². The molecule has 32 heavy (non-hydrogen) atoms. The molecule has 6 nitrogen and oxygen atoms in total. The van der Waals surface area contributed by atoms with Gasteiger partial charge in [0.1, 0.15) is 17.9 Å². The van der Waals surface area contributed by atoms with E-state index in [9.17, 15) is 18.8 Å². The van der Waals surface area contributed by atoms with E-state index in [-0.39, 0.29) is 12.8 Å². The fourth-order valence-electron chi connectivity index (χ4n) is 3.65. The van der Waals surface area contributed by atoms with Crippen molar-refractivity contribution in [3.05, 3.63) is 83.7 Å². The quantitative estimate of drug-likeness (QED) is 0.532. The first kappa shape index (κ1) is 22.9. The molecule has 0 radical (unpaired) electrons. The summed E-state index contributed by atoms with van der Waals surface area (Å²) in [5.41, 5.74) is 1.42. The zero-order chi connectivity index (χ0) is 23.1. The fourth-order valence-corrected chi connectivity index (χ4v) is 3.65. The fraction of sp³-hybridized carbons (Fsp3) is 0.240. The third-order valence-electron chi connectivity index (χ3n) is 5.13. The van der Waals surface area contributed by atoms with Gasteiger partial charge >= 0.3 is 5.97 Å². The van der Waals surface area contributed by atoms with Gasteiger partial charge in [-0.05, 0) is 34.0 Å². The van der Waals surface area contributed by atoms with Crippen LogP contribution in [0.2, 0.25) is 0 Å². The van der Waals surface area contributed by atoms with Crippen molar-refractivity contribution < 1.29 is 23.5 Å². The van der Waals surface area contributed by atoms with Crippen LogP contribution in [0.1, 0.15) is 18.1 Å². The predicted octanol–water partition coefficient (Wildman–Crippen LogP) is 2.93. The second-order valence-corrected chi connectivity index (χ2v) is 7.51. The number of methoxy groups -OCH3 is 1. The van der Waals surface area contributed by atoms with Gasteiger partial charge in [0, 0.05) is 19.8 Å². The van der Waals surface area contributed by atoms with Gasteiger partial charge in [0.25, 0.3) is 0 Å². The maximum atomic E-state index is 13.6. The zero-order valence-electron chi connectivity index (χ0n) is 17.9. The molecule has 2 amide bonds. The van der Waals surface area contributed by atoms with Gasteiger partial charge in [0.05, 0.1) is 7.11 Å². The van der Waals surface area contributed by atoms with Crippen LogP contribution < -0.4 is 10.6 Å². The number of carbonyl (C=O) groups is 3. The van der Waals surface area contributed by atoms with Crippen LogP contribution in [0.3, 0.4) is 0 Å². The molecule has 2 N–H and O–H groups in total. The second kappa shape index (κ2) is 10.5. The van der Waals surface area contributed by atoms with Gasteiger partial charge in [0.2, 0.25) is 11.8 Å². The molecular weight excluding hydrogens is 411 g/mol. The molecule has 0 fully saturated rings. The van der Waals surface area contributed by atoms with E-state index >= 15 is 0 Å². The van der Waals surface area contributed by atoms with E-state index in [0.717, 1.165) is 16.3 Å². The minimum Gasteiger partial charge on any atom is -0.467 e. The number of rotatable bonds is 8. The summed E-state index contributed by atoms with van der Waals surface area (Å²) >= 11 is 0. The molecular formula is C25H25FN2O4. The first-order valence-corrected chi connectivity index (χ1v) is 10.2. The van der Waals surface area contributed by atoms with Crippen molar-refractivity contribution in [3.63, 3.8) is 0 Å². The van der Waals surface area contributed by atoms with Crippen molar-refractivity contribution in [1.29, 1.82) is 0 Å². The minimum absolute atomic E-state index is 0.0747. The van der Waals surface area contributed by atoms with Gasteiger partial charge in [-0.15, -0.1) is 0 Å². The number of hydrogen-bond acceptors (Lipinski definition) is 4. The van der Waals surface area contributed by atoms with E-state index < -0.39 is 35.7 Å². The van der Waals surface area contributed by atoms with E-state index in [1.54, 1.807) is 6.07 Å². The summed E-state index contributed by atoms with van der Waals surface area (Å²) in [6.45, 7) is 1.29. The van der Waals surface area contributed by atoms with Crippen LogP contribution in [-0.4, -0.2) is 37.0 Å². The summed E-state index contributed by atoms with van der Waals surface area (Å²) in [7, 11) is 1.25. The molecule has 0 aliphatic heterocycles. The number of hydrogen-bond donors (Lipinski definition) is 2. The topological polar surface area (TPSA) is 84.5 Å². The average Bonchev–Trinajstić information content (AvgIpc) is 2.77. The summed E-state index contributed by atoms with van der Waals surface area (Å²) in [5.74, 6) is -2.00. The Morgan fingerprint density at radius 3 is 2.34 bits per heavy atom. The SMILES string of the molecule is COC(=O)[C@@H](Cc1cccc2ccccc12)NC(=O)[C@@H](Cc1cccc(F)c1)NC(C)=O. The highest BCUT2D eigenvalue weighted by atomic mass is 19.1. The van der Waals surface area contributed by atoms with E-state index in [1.165, 1.54) is 32.2 Å². The smallest absolute Gasteiger partial charge is 0.328 e. The molecule has 166 valence electrons. The molecule has 7 heteroatoms. The van der Waals surface area contributed by atoms with E-state index in [4.69, 9.17) is 4.74 Å². The third-order valence-corrected chi connectivity index (χ3v) is 5.13. The van der Waals surface area contributed by atoms with Crippen LogP contribution in [0.25, 0.3) is 10.8 Å². The van der Waals surface area contributed by atoms with Gasteiger partial charge in [-0.25, -0.2) is 9.18 Å². The highest BCUT2D eigenvalue weighted by Gasteiger charge is 2.27. The summed E-state index contributed by atoms with van der Waals surface area (Å²) in [6, 6.07) is 17.4. The number of nitrogens with one attached hydrogen (secondary N) is 2. The lowest BCUT2D eigenvalue weighted by Gasteiger charge is -2.22. The van der Waals surface area contributed by atoms with Crippen LogP contribution in [0.15, 0.2) is 66.7 Å². The lowest BCUT2D eigenvalue weighted by atomic mass is 9.98. The normalized spacial score (nSPS) is 12.6. The molecule has 0 bridgehead atoms. The van der Waals surface area contributed by atoms with Crippen LogP contribution >= 0.6 is 0 Å². The Balaban J connectivity index is 1.82. The number of amides is 2. The van der Waals surface area contributed by atoms with Crippen molar-refractivity contribution in [1.82, 2.24) is 10.6 Å². The Hall–Kier alpha value is -3.74. The highest BCUT2D eigenvalue weighted by Crippen LogP contribution is 2.20. The van der Waals surface area contributed by atoms with Crippen molar-refractivity contribution in [2.24, 2.45) is 0 Å². The number of fused-ring (bicyclic) bond motifs is 1. The Morgan fingerprint density at radius 2 is 1.62 bits per heavy atom. The first-order valence-electron chi connectivity index (χ1n) is 10.2. The number of halogens is 1. The van der Waals surface area contributed by atoms with Gasteiger partial charge in [0.15, 0.2) is 0 Å². The summed E-state index contributed by atoms with van der Waals surface area (Å²) in [5, 5.41) is 7.26. The predicted molar refractivity (Wildman–Crippen MR) is 119 cm³/mol. The van der Waals surface area contributed by atoms with Crippen LogP contribution in [0.4, 0.5) is 4.39 Å². The third kappa shape index (κ3) is 5.91. The molecule has 0 aromatic heterocycles. The lowest BCUT2D eigenvalue weighted by Crippen LogP contribution is -2.53. The van der Waals surface area contributed by atoms with Gasteiger partial charge < -0.3 is 15.4 Å². The van der Waals surface area contributed by atoms with Crippen molar-refractivity contribution in [2.45, 2.75) is 31.8 Å². The van der Waals surface area contributed by atoms with E-state index in [0.29, 0.717) is 5.56 Å². The first-order chi connectivity index (χ1) is 15.4. The Morgan fingerprint density at radius 1 is 0.906 bits per heavy atom. The van der Waals surface area contributed by atoms with Crippen molar-refractivity contribution >= 4 is 28.6 Å². The second-order valence-electron chi connectivity index (χ2n) is 7.51. The number of ether oxygens (including phenoxy) is 1. The molecule has 0 saturated carbocycles. The number of benzene rings is 3. The summed E-state index contributed by atoms with van der Waals surface area (Å²) < 4.78 is 18.5. The highest BCUT2D eigenvalue weighted by molar-refractivity contribution is 5.91. The van der Waals surface area contributed by atoms with Crippen LogP contribution in [0.5, 0.6) is 0 Å². The lowest BCUT2D eigenvalue weighted by molar-refractivity contribution is -0.145. The molecule has 3 aromatic rings. The maximum Gasteiger partial charge on any atom is 0.328 e. The summed E-state index contributed by atoms with van der Waals surface area (Å²) in [6.07, 6.45) is 0.290. The molecule has 0 aliphatic carbocycles. The summed E-state index contributed by atoms with van der Waals surface area (Å²) in [4.78, 5) is 37.2. The largest absolute Gasteiger partial charge is 0.467 e. The van der Waals surface area contributed by atoms with E-state index in [1.807, 2.05) is 42.5 Å². The number of esters is 1. The molecule has 0 heterocycles. The minimum atomic E-state index is -0.978. The monoisotopic (exact) mass is 436 g/mol. The van der Waals surface area contributed by atoms with Gasteiger partial charge in [-0.1, -0.05) is 54.6 Å². The van der Waals surface area contributed by atoms with Crippen molar-refractivity contribution in [2.75, 3.05) is 7.11 Å². The molecule has 0 unspecified atom stereocenters. The molecule has 3 rings (SSSR count). The van der Waals surface area contributed by atoms with Gasteiger partial charge in [-0.3, -0.25) is 9.59 Å². The van der Waals surface area contributed by atoms with Crippen LogP contribution in [-0.2, 0) is 32.0 Å². The van der Waals surface area contributed by atoms with Crippen molar-refractivity contribution in [3.8, 4) is 0 Å². The Labute approximate surface area is 185 Å². The average molecular weight is 436 g/mol. The molecule has 0 aliphatic rings. The molecule has 3 aromatic carbocycles. The maximum absolute atomic E-state index is 13.6. The Kier molecular flexibility index (Phi) is 7.54. The van der Waals surface area contributed by atoms with Crippen LogP contribution in [0, 0.1) is 5.82 Å². The zero-order valence-corrected chi connectivity index (χ0v) is 17.9.